The van der Waals surface area contributed by atoms with E-state index in [2.05, 4.69) is 43.0 Å². The van der Waals surface area contributed by atoms with Crippen molar-refractivity contribution >= 4 is 17.6 Å². The monoisotopic (exact) mass is 455 g/mol. The molecule has 2 aromatic rings. The molecule has 4 rings (SSSR count). The van der Waals surface area contributed by atoms with Gasteiger partial charge in [0.15, 0.2) is 0 Å². The number of likely N-dealkylation sites (tertiary alicyclic amines) is 1. The van der Waals surface area contributed by atoms with Crippen LogP contribution in [0.25, 0.3) is 0 Å². The van der Waals surface area contributed by atoms with E-state index >= 15 is 0 Å². The molecule has 4 nitrogen and oxygen atoms in total. The van der Waals surface area contributed by atoms with Gasteiger partial charge in [-0.15, -0.1) is 0 Å². The molecule has 1 saturated heterocycles. The lowest BCUT2D eigenvalue weighted by molar-refractivity contribution is -0.144. The van der Waals surface area contributed by atoms with Crippen LogP contribution >= 0.6 is 11.6 Å². The van der Waals surface area contributed by atoms with E-state index < -0.39 is 0 Å². The molecule has 1 heterocycles. The van der Waals surface area contributed by atoms with Gasteiger partial charge in [0, 0.05) is 42.1 Å². The van der Waals surface area contributed by atoms with Crippen LogP contribution in [0.4, 0.5) is 0 Å². The highest BCUT2D eigenvalue weighted by atomic mass is 35.5. The Hall–Kier alpha value is -2.04. The summed E-state index contributed by atoms with van der Waals surface area (Å²) in [6.45, 7) is 10.3. The van der Waals surface area contributed by atoms with Crippen LogP contribution in [0, 0.1) is 11.3 Å². The molecule has 1 spiro atoms. The Morgan fingerprint density at radius 1 is 1.16 bits per heavy atom. The Balaban J connectivity index is 1.31. The van der Waals surface area contributed by atoms with Gasteiger partial charge in [-0.3, -0.25) is 4.79 Å². The number of hydrogen-bond donors (Lipinski definition) is 0. The van der Waals surface area contributed by atoms with E-state index in [0.717, 1.165) is 55.2 Å². The summed E-state index contributed by atoms with van der Waals surface area (Å²) in [5, 5.41) is 0.774. The van der Waals surface area contributed by atoms with Gasteiger partial charge in [-0.25, -0.2) is 0 Å². The molecule has 32 heavy (non-hydrogen) atoms. The maximum absolute atomic E-state index is 11.7. The summed E-state index contributed by atoms with van der Waals surface area (Å²) in [4.78, 5) is 14.2. The first kappa shape index (κ1) is 23.1. The molecule has 0 amide bonds. The van der Waals surface area contributed by atoms with Crippen molar-refractivity contribution in [1.29, 1.82) is 0 Å². The first-order chi connectivity index (χ1) is 15.4. The molecular formula is C27H34ClNO3. The summed E-state index contributed by atoms with van der Waals surface area (Å²) in [6.07, 6.45) is 3.69. The van der Waals surface area contributed by atoms with E-state index in [9.17, 15) is 4.79 Å². The SMILES string of the molecule is CCOC(=O)CC(C)CN1CC2(Cc3ccc(OCc4c(Cl)cccc4CC)cc3C2)C1. The minimum atomic E-state index is -0.0844. The highest BCUT2D eigenvalue weighted by Gasteiger charge is 2.46. The Morgan fingerprint density at radius 2 is 1.94 bits per heavy atom. The van der Waals surface area contributed by atoms with Crippen molar-refractivity contribution in [3.05, 3.63) is 63.7 Å². The second-order valence-electron chi connectivity index (χ2n) is 9.59. The van der Waals surface area contributed by atoms with Crippen molar-refractivity contribution in [3.63, 3.8) is 0 Å². The van der Waals surface area contributed by atoms with Crippen molar-refractivity contribution in [2.75, 3.05) is 26.2 Å². The van der Waals surface area contributed by atoms with Gasteiger partial charge in [0.2, 0.25) is 0 Å². The maximum Gasteiger partial charge on any atom is 0.306 e. The zero-order valence-corrected chi connectivity index (χ0v) is 20.2. The molecule has 0 radical (unpaired) electrons. The number of rotatable bonds is 9. The van der Waals surface area contributed by atoms with Gasteiger partial charge in [0.25, 0.3) is 0 Å². The van der Waals surface area contributed by atoms with Crippen molar-refractivity contribution in [2.24, 2.45) is 11.3 Å². The van der Waals surface area contributed by atoms with Gasteiger partial charge in [-0.05, 0) is 67.0 Å². The van der Waals surface area contributed by atoms with E-state index in [1.165, 1.54) is 16.7 Å². The van der Waals surface area contributed by atoms with E-state index in [1.54, 1.807) is 0 Å². The Kier molecular flexibility index (Phi) is 7.11. The topological polar surface area (TPSA) is 38.8 Å². The molecule has 2 aromatic carbocycles. The minimum absolute atomic E-state index is 0.0844. The molecular weight excluding hydrogens is 422 g/mol. The van der Waals surface area contributed by atoms with Crippen molar-refractivity contribution in [2.45, 2.75) is 53.1 Å². The summed E-state index contributed by atoms with van der Waals surface area (Å²) in [5.74, 6) is 1.16. The molecule has 0 N–H and O–H groups in total. The Bertz CT molecular complexity index is 967. The van der Waals surface area contributed by atoms with Gasteiger partial charge >= 0.3 is 5.97 Å². The third-order valence-electron chi connectivity index (χ3n) is 6.80. The van der Waals surface area contributed by atoms with E-state index in [4.69, 9.17) is 21.1 Å². The van der Waals surface area contributed by atoms with E-state index in [1.807, 2.05) is 19.1 Å². The van der Waals surface area contributed by atoms with Crippen LogP contribution in [0.1, 0.15) is 49.4 Å². The highest BCUT2D eigenvalue weighted by Crippen LogP contribution is 2.45. The summed E-state index contributed by atoms with van der Waals surface area (Å²) in [5.41, 5.74) is 5.53. The van der Waals surface area contributed by atoms with Gasteiger partial charge in [0.1, 0.15) is 12.4 Å². The third kappa shape index (κ3) is 5.13. The van der Waals surface area contributed by atoms with Gasteiger partial charge in [0.05, 0.1) is 6.61 Å². The van der Waals surface area contributed by atoms with Crippen LogP contribution in [-0.4, -0.2) is 37.1 Å². The minimum Gasteiger partial charge on any atom is -0.489 e. The molecule has 0 saturated carbocycles. The van der Waals surface area contributed by atoms with Crippen LogP contribution in [0.2, 0.25) is 5.02 Å². The van der Waals surface area contributed by atoms with Crippen LogP contribution in [-0.2, 0) is 35.4 Å². The van der Waals surface area contributed by atoms with Crippen LogP contribution in [0.3, 0.4) is 0 Å². The molecule has 1 atom stereocenters. The Morgan fingerprint density at radius 3 is 2.69 bits per heavy atom. The van der Waals surface area contributed by atoms with Crippen LogP contribution in [0.5, 0.6) is 5.75 Å². The summed E-state index contributed by atoms with van der Waals surface area (Å²) in [7, 11) is 0. The third-order valence-corrected chi connectivity index (χ3v) is 7.15. The standard InChI is InChI=1S/C27H34ClNO3/c1-4-20-7-6-8-25(28)24(20)16-32-23-10-9-21-13-27(14-22(21)12-23)17-29(18-27)15-19(3)11-26(30)31-5-2/h6-10,12,19H,4-5,11,13-18H2,1-3H3. The number of halogens is 1. The second-order valence-corrected chi connectivity index (χ2v) is 9.99. The van der Waals surface area contributed by atoms with Gasteiger partial charge in [-0.2, -0.15) is 0 Å². The Labute approximate surface area is 196 Å². The smallest absolute Gasteiger partial charge is 0.306 e. The predicted octanol–water partition coefficient (Wildman–Crippen LogP) is 5.47. The molecule has 1 aliphatic heterocycles. The van der Waals surface area contributed by atoms with E-state index in [-0.39, 0.29) is 5.97 Å². The van der Waals surface area contributed by atoms with Crippen molar-refractivity contribution in [1.82, 2.24) is 4.90 Å². The average molecular weight is 456 g/mol. The molecule has 5 heteroatoms. The summed E-state index contributed by atoms with van der Waals surface area (Å²) in [6, 6.07) is 12.6. The number of benzene rings is 2. The van der Waals surface area contributed by atoms with Gasteiger partial charge in [-0.1, -0.05) is 43.6 Å². The molecule has 1 aliphatic carbocycles. The van der Waals surface area contributed by atoms with Crippen LogP contribution in [0.15, 0.2) is 36.4 Å². The number of aryl methyl sites for hydroxylation is 1. The lowest BCUT2D eigenvalue weighted by atomic mass is 9.76. The molecule has 0 aromatic heterocycles. The molecule has 2 aliphatic rings. The zero-order valence-electron chi connectivity index (χ0n) is 19.5. The fourth-order valence-electron chi connectivity index (χ4n) is 5.42. The van der Waals surface area contributed by atoms with Crippen molar-refractivity contribution < 1.29 is 14.3 Å². The molecule has 1 fully saturated rings. The predicted molar refractivity (Wildman–Crippen MR) is 128 cm³/mol. The fraction of sp³-hybridized carbons (Fsp3) is 0.519. The van der Waals surface area contributed by atoms with Gasteiger partial charge < -0.3 is 14.4 Å². The van der Waals surface area contributed by atoms with E-state index in [0.29, 0.717) is 31.0 Å². The highest BCUT2D eigenvalue weighted by molar-refractivity contribution is 6.31. The number of esters is 1. The lowest BCUT2D eigenvalue weighted by Gasteiger charge is -2.49. The molecule has 0 bridgehead atoms. The lowest BCUT2D eigenvalue weighted by Crippen LogP contribution is -2.57. The number of nitrogens with zero attached hydrogens (tertiary/aromatic N) is 1. The fourth-order valence-corrected chi connectivity index (χ4v) is 5.66. The number of ether oxygens (including phenoxy) is 2. The average Bonchev–Trinajstić information content (AvgIpc) is 3.11. The first-order valence-corrected chi connectivity index (χ1v) is 12.2. The van der Waals surface area contributed by atoms with Crippen molar-refractivity contribution in [3.8, 4) is 5.75 Å². The number of carbonyl (C=O) groups excluding carboxylic acids is 1. The molecule has 172 valence electrons. The summed E-state index contributed by atoms with van der Waals surface area (Å²) >= 11 is 6.41. The number of carbonyl (C=O) groups is 1. The van der Waals surface area contributed by atoms with Crippen LogP contribution < -0.4 is 4.74 Å². The molecule has 1 unspecified atom stereocenters. The first-order valence-electron chi connectivity index (χ1n) is 11.8. The normalized spacial score (nSPS) is 17.6. The number of fused-ring (bicyclic) bond motifs is 1. The summed E-state index contributed by atoms with van der Waals surface area (Å²) < 4.78 is 11.2. The quantitative estimate of drug-likeness (QED) is 0.470. The largest absolute Gasteiger partial charge is 0.489 e. The number of hydrogen-bond acceptors (Lipinski definition) is 4. The maximum atomic E-state index is 11.7. The second kappa shape index (κ2) is 9.84. The zero-order chi connectivity index (χ0) is 22.7.